The smallest absolute Gasteiger partial charge is 0.192 e. The summed E-state index contributed by atoms with van der Waals surface area (Å²) in [5, 5.41) is 3.24. The number of fused-ring (bicyclic) bond motifs is 1. The van der Waals surface area contributed by atoms with Crippen LogP contribution in [0.25, 0.3) is 0 Å². The van der Waals surface area contributed by atoms with Crippen LogP contribution in [0.3, 0.4) is 0 Å². The third-order valence-corrected chi connectivity index (χ3v) is 6.49. The van der Waals surface area contributed by atoms with Crippen LogP contribution in [0, 0.1) is 5.41 Å². The van der Waals surface area contributed by atoms with Gasteiger partial charge < -0.3 is 10.1 Å². The molecule has 0 amide bonds. The van der Waals surface area contributed by atoms with Gasteiger partial charge in [0.05, 0.1) is 24.2 Å². The first-order valence-corrected chi connectivity index (χ1v) is 9.80. The molecule has 4 heteroatoms. The molecule has 1 aromatic heterocycles. The van der Waals surface area contributed by atoms with Gasteiger partial charge in [-0.05, 0) is 54.4 Å². The monoisotopic (exact) mass is 357 g/mol. The van der Waals surface area contributed by atoms with Crippen molar-refractivity contribution < 1.29 is 9.53 Å². The van der Waals surface area contributed by atoms with Gasteiger partial charge in [-0.2, -0.15) is 0 Å². The summed E-state index contributed by atoms with van der Waals surface area (Å²) in [4.78, 5) is 15.2. The third-order valence-electron chi connectivity index (χ3n) is 5.03. The highest BCUT2D eigenvalue weighted by Crippen LogP contribution is 2.42. The molecule has 0 atom stereocenters. The number of carbonyl (C=O) groups is 1. The molecular formula is C21H27NO2S. The minimum atomic E-state index is 0.187. The summed E-state index contributed by atoms with van der Waals surface area (Å²) in [6, 6.07) is 7.71. The molecule has 0 radical (unpaired) electrons. The van der Waals surface area contributed by atoms with Crippen molar-refractivity contribution in [2.75, 3.05) is 19.0 Å². The lowest BCUT2D eigenvalue weighted by molar-refractivity contribution is 0.101. The molecule has 1 aliphatic rings. The van der Waals surface area contributed by atoms with Crippen molar-refractivity contribution in [3.63, 3.8) is 0 Å². The first-order valence-electron chi connectivity index (χ1n) is 8.98. The average Bonchev–Trinajstić information content (AvgIpc) is 2.96. The van der Waals surface area contributed by atoms with Gasteiger partial charge in [-0.1, -0.05) is 32.9 Å². The summed E-state index contributed by atoms with van der Waals surface area (Å²) in [6.07, 6.45) is 4.28. The molecule has 134 valence electrons. The number of thiophene rings is 1. The number of hydrogen-bond donors (Lipinski definition) is 1. The minimum absolute atomic E-state index is 0.187. The molecule has 0 aliphatic heterocycles. The molecule has 0 saturated heterocycles. The number of aryl methyl sites for hydroxylation is 1. The van der Waals surface area contributed by atoms with Crippen molar-refractivity contribution in [3.8, 4) is 5.75 Å². The number of anilines is 1. The number of ether oxygens (including phenoxy) is 1. The van der Waals surface area contributed by atoms with E-state index in [9.17, 15) is 4.79 Å². The third kappa shape index (κ3) is 3.74. The number of hydrogen-bond acceptors (Lipinski definition) is 4. The number of rotatable bonds is 6. The molecule has 3 nitrogen and oxygen atoms in total. The zero-order chi connectivity index (χ0) is 18.0. The zero-order valence-corrected chi connectivity index (χ0v) is 16.4. The van der Waals surface area contributed by atoms with Gasteiger partial charge in [0.15, 0.2) is 5.78 Å². The normalized spacial score (nSPS) is 15.5. The number of nitrogens with one attached hydrogen (secondary N) is 1. The van der Waals surface area contributed by atoms with E-state index in [1.165, 1.54) is 16.0 Å². The topological polar surface area (TPSA) is 38.3 Å². The van der Waals surface area contributed by atoms with Gasteiger partial charge in [0, 0.05) is 4.88 Å². The molecule has 0 spiro atoms. The highest BCUT2D eigenvalue weighted by atomic mass is 32.1. The maximum Gasteiger partial charge on any atom is 0.192 e. The Bertz CT molecular complexity index is 776. The molecule has 1 heterocycles. The zero-order valence-electron chi connectivity index (χ0n) is 15.6. The van der Waals surface area contributed by atoms with Crippen molar-refractivity contribution in [3.05, 3.63) is 45.1 Å². The molecule has 2 aromatic rings. The molecule has 1 aromatic carbocycles. The highest BCUT2D eigenvalue weighted by molar-refractivity contribution is 7.14. The number of methoxy groups -OCH3 is 1. The van der Waals surface area contributed by atoms with Gasteiger partial charge in [0.2, 0.25) is 0 Å². The van der Waals surface area contributed by atoms with Gasteiger partial charge in [0.25, 0.3) is 0 Å². The summed E-state index contributed by atoms with van der Waals surface area (Å²) in [5.41, 5.74) is 3.96. The van der Waals surface area contributed by atoms with Crippen molar-refractivity contribution in [1.82, 2.24) is 0 Å². The maximum atomic E-state index is 12.9. The van der Waals surface area contributed by atoms with Crippen molar-refractivity contribution in [2.45, 2.75) is 46.5 Å². The van der Waals surface area contributed by atoms with E-state index in [1.54, 1.807) is 18.4 Å². The van der Waals surface area contributed by atoms with Crippen LogP contribution in [0.5, 0.6) is 5.75 Å². The van der Waals surface area contributed by atoms with Gasteiger partial charge in [-0.25, -0.2) is 0 Å². The number of carbonyl (C=O) groups excluding carboxylic acids is 1. The van der Waals surface area contributed by atoms with Crippen LogP contribution in [0.2, 0.25) is 0 Å². The van der Waals surface area contributed by atoms with Crippen molar-refractivity contribution in [1.29, 1.82) is 0 Å². The number of benzene rings is 1. The first-order chi connectivity index (χ1) is 11.9. The molecular weight excluding hydrogens is 330 g/mol. The summed E-state index contributed by atoms with van der Waals surface area (Å²) >= 11 is 1.71. The van der Waals surface area contributed by atoms with Crippen LogP contribution in [0.4, 0.5) is 5.69 Å². The number of Topliss-reactive ketones (excluding diaryl/α,β-unsaturated/α-hetero) is 1. The predicted octanol–water partition coefficient (Wildman–Crippen LogP) is 5.13. The Hall–Kier alpha value is -1.81. The van der Waals surface area contributed by atoms with Gasteiger partial charge in [-0.3, -0.25) is 4.79 Å². The maximum absolute atomic E-state index is 12.9. The van der Waals surface area contributed by atoms with Gasteiger partial charge in [-0.15, -0.1) is 11.3 Å². The van der Waals surface area contributed by atoms with Crippen LogP contribution in [-0.2, 0) is 19.3 Å². The summed E-state index contributed by atoms with van der Waals surface area (Å²) in [7, 11) is 1.65. The molecule has 1 aliphatic carbocycles. The summed E-state index contributed by atoms with van der Waals surface area (Å²) in [5.74, 6) is 0.950. The van der Waals surface area contributed by atoms with Crippen molar-refractivity contribution >= 4 is 22.8 Å². The lowest BCUT2D eigenvalue weighted by Gasteiger charge is -2.30. The van der Waals surface area contributed by atoms with Crippen LogP contribution >= 0.6 is 11.3 Å². The predicted molar refractivity (Wildman–Crippen MR) is 105 cm³/mol. The largest absolute Gasteiger partial charge is 0.495 e. The van der Waals surface area contributed by atoms with E-state index >= 15 is 0 Å². The Kier molecular flexibility index (Phi) is 5.19. The van der Waals surface area contributed by atoms with Gasteiger partial charge >= 0.3 is 0 Å². The van der Waals surface area contributed by atoms with Crippen LogP contribution in [-0.4, -0.2) is 19.4 Å². The lowest BCUT2D eigenvalue weighted by atomic mass is 9.74. The molecule has 3 rings (SSSR count). The fourth-order valence-corrected chi connectivity index (χ4v) is 4.85. The molecule has 0 fully saturated rings. The second-order valence-corrected chi connectivity index (χ2v) is 8.59. The van der Waals surface area contributed by atoms with E-state index < -0.39 is 0 Å². The van der Waals surface area contributed by atoms with Gasteiger partial charge in [0.1, 0.15) is 5.75 Å². The number of ketones is 1. The fourth-order valence-electron chi connectivity index (χ4n) is 3.61. The van der Waals surface area contributed by atoms with E-state index in [1.807, 2.05) is 24.3 Å². The first kappa shape index (κ1) is 18.0. The molecule has 25 heavy (non-hydrogen) atoms. The van der Waals surface area contributed by atoms with E-state index in [2.05, 4.69) is 26.1 Å². The van der Waals surface area contributed by atoms with Crippen LogP contribution in [0.1, 0.15) is 52.9 Å². The lowest BCUT2D eigenvalue weighted by Crippen LogP contribution is -2.23. The highest BCUT2D eigenvalue weighted by Gasteiger charge is 2.31. The fraction of sp³-hybridized carbons (Fsp3) is 0.476. The quantitative estimate of drug-likeness (QED) is 0.729. The molecule has 0 unspecified atom stereocenters. The second-order valence-electron chi connectivity index (χ2n) is 7.48. The average molecular weight is 358 g/mol. The Labute approximate surface area is 154 Å². The summed E-state index contributed by atoms with van der Waals surface area (Å²) in [6.45, 7) is 7.16. The van der Waals surface area contributed by atoms with Crippen LogP contribution < -0.4 is 10.1 Å². The molecule has 0 saturated carbocycles. The summed E-state index contributed by atoms with van der Waals surface area (Å²) < 4.78 is 5.35. The van der Waals surface area contributed by atoms with Crippen LogP contribution in [0.15, 0.2) is 24.3 Å². The van der Waals surface area contributed by atoms with E-state index in [0.717, 1.165) is 42.0 Å². The Morgan fingerprint density at radius 2 is 2.04 bits per heavy atom. The Morgan fingerprint density at radius 3 is 2.76 bits per heavy atom. The number of para-hydroxylation sites is 2. The Morgan fingerprint density at radius 1 is 1.28 bits per heavy atom. The SMILES string of the molecule is CCc1sc(C(=O)CNc2ccccc2OC)c2c1CC(C)(C)CC2. The Balaban J connectivity index is 1.80. The molecule has 0 bridgehead atoms. The molecule has 1 N–H and O–H groups in total. The minimum Gasteiger partial charge on any atom is -0.495 e. The second kappa shape index (κ2) is 7.20. The van der Waals surface area contributed by atoms with E-state index in [0.29, 0.717) is 12.0 Å². The van der Waals surface area contributed by atoms with Crippen molar-refractivity contribution in [2.24, 2.45) is 5.41 Å². The van der Waals surface area contributed by atoms with E-state index in [4.69, 9.17) is 4.74 Å². The van der Waals surface area contributed by atoms with E-state index in [-0.39, 0.29) is 5.78 Å². The standard InChI is InChI=1S/C21H27NO2S/c1-5-19-15-12-21(2,3)11-10-14(15)20(25-19)17(23)13-22-16-8-6-7-9-18(16)24-4/h6-9,22H,5,10-13H2,1-4H3.